The quantitative estimate of drug-likeness (QED) is 0.584. The lowest BCUT2D eigenvalue weighted by Gasteiger charge is -2.33. The average molecular weight is 392 g/mol. The number of hydrogen-bond donors (Lipinski definition) is 0. The van der Waals surface area contributed by atoms with Gasteiger partial charge in [-0.15, -0.1) is 0 Å². The summed E-state index contributed by atoms with van der Waals surface area (Å²) >= 11 is 12.6. The van der Waals surface area contributed by atoms with Crippen molar-refractivity contribution >= 4 is 40.6 Å². The smallest absolute Gasteiger partial charge is 0.225 e. The molecule has 1 fully saturated rings. The molecule has 0 aliphatic heterocycles. The first-order valence-electron chi connectivity index (χ1n) is 8.77. The third-order valence-corrected chi connectivity index (χ3v) is 5.36. The van der Waals surface area contributed by atoms with Gasteiger partial charge in [0.15, 0.2) is 17.2 Å². The van der Waals surface area contributed by atoms with E-state index < -0.39 is 0 Å². The normalized spacial score (nSPS) is 15.5. The first kappa shape index (κ1) is 17.4. The molecule has 1 saturated carbocycles. The Morgan fingerprint density at radius 3 is 2.73 bits per heavy atom. The zero-order chi connectivity index (χ0) is 18.3. The Kier molecular flexibility index (Phi) is 4.67. The number of anilines is 1. The predicted molar refractivity (Wildman–Crippen MR) is 103 cm³/mol. The predicted octanol–water partition coefficient (Wildman–Crippen LogP) is 5.59. The molecule has 136 valence electrons. The van der Waals surface area contributed by atoms with Crippen molar-refractivity contribution < 1.29 is 9.21 Å². The van der Waals surface area contributed by atoms with Gasteiger partial charge in [-0.3, -0.25) is 14.1 Å². The van der Waals surface area contributed by atoms with Crippen LogP contribution in [0.3, 0.4) is 0 Å². The Labute approximate surface area is 161 Å². The van der Waals surface area contributed by atoms with Crippen LogP contribution in [0.1, 0.15) is 39.0 Å². The van der Waals surface area contributed by atoms with E-state index in [0.717, 1.165) is 25.7 Å². The summed E-state index contributed by atoms with van der Waals surface area (Å²) in [6.07, 6.45) is 8.72. The fraction of sp³-hybridized carbons (Fsp3) is 0.368. The molecule has 0 bridgehead atoms. The Balaban J connectivity index is 1.98. The van der Waals surface area contributed by atoms with Crippen molar-refractivity contribution in [3.8, 4) is 11.5 Å². The summed E-state index contributed by atoms with van der Waals surface area (Å²) < 4.78 is 7.39. The number of imidazole rings is 1. The monoisotopic (exact) mass is 391 g/mol. The summed E-state index contributed by atoms with van der Waals surface area (Å²) in [6, 6.07) is 5.42. The second-order valence-corrected chi connectivity index (χ2v) is 7.49. The van der Waals surface area contributed by atoms with Gasteiger partial charge in [0, 0.05) is 19.2 Å². The molecule has 0 spiro atoms. The van der Waals surface area contributed by atoms with Crippen molar-refractivity contribution in [2.24, 2.45) is 0 Å². The number of hydrogen-bond acceptors (Lipinski definition) is 3. The molecule has 3 heterocycles. The summed E-state index contributed by atoms with van der Waals surface area (Å²) in [5, 5.41) is 0.919. The fourth-order valence-electron chi connectivity index (χ4n) is 3.79. The molecule has 26 heavy (non-hydrogen) atoms. The topological polar surface area (TPSA) is 50.8 Å². The number of amides is 1. The van der Waals surface area contributed by atoms with E-state index in [1.165, 1.54) is 6.42 Å². The molecule has 3 aromatic heterocycles. The molecule has 1 amide bonds. The molecule has 1 aliphatic carbocycles. The van der Waals surface area contributed by atoms with E-state index in [1.807, 2.05) is 11.0 Å². The fourth-order valence-corrected chi connectivity index (χ4v) is 4.30. The van der Waals surface area contributed by atoms with E-state index >= 15 is 0 Å². The van der Waals surface area contributed by atoms with Gasteiger partial charge < -0.3 is 4.42 Å². The molecule has 0 radical (unpaired) electrons. The lowest BCUT2D eigenvalue weighted by Crippen LogP contribution is -2.41. The molecule has 0 aromatic carbocycles. The van der Waals surface area contributed by atoms with E-state index in [1.54, 1.807) is 35.9 Å². The number of furan rings is 1. The standard InChI is InChI=1S/C19H19Cl2N3O2/c1-12(25)24(14-6-3-2-4-7-14)19-17(16-8-5-9-26-16)22-18-15(21)10-13(20)11-23(18)19/h5,8-11,14H,2-4,6-7H2,1H3. The summed E-state index contributed by atoms with van der Waals surface area (Å²) in [6.45, 7) is 1.59. The van der Waals surface area contributed by atoms with Crippen molar-refractivity contribution in [2.45, 2.75) is 45.1 Å². The van der Waals surface area contributed by atoms with E-state index in [2.05, 4.69) is 4.98 Å². The highest BCUT2D eigenvalue weighted by atomic mass is 35.5. The second kappa shape index (κ2) is 6.97. The summed E-state index contributed by atoms with van der Waals surface area (Å²) in [5.41, 5.74) is 1.15. The lowest BCUT2D eigenvalue weighted by molar-refractivity contribution is -0.117. The first-order valence-corrected chi connectivity index (χ1v) is 9.52. The van der Waals surface area contributed by atoms with Crippen LogP contribution in [0.5, 0.6) is 0 Å². The van der Waals surface area contributed by atoms with Crippen LogP contribution in [0.25, 0.3) is 17.1 Å². The summed E-state index contributed by atoms with van der Waals surface area (Å²) in [5.74, 6) is 1.24. The minimum atomic E-state index is -0.0254. The highest BCUT2D eigenvalue weighted by Gasteiger charge is 2.31. The largest absolute Gasteiger partial charge is 0.463 e. The molecule has 7 heteroatoms. The third kappa shape index (κ3) is 2.99. The zero-order valence-electron chi connectivity index (χ0n) is 14.4. The van der Waals surface area contributed by atoms with Gasteiger partial charge in [0.25, 0.3) is 0 Å². The van der Waals surface area contributed by atoms with E-state index in [4.69, 9.17) is 27.6 Å². The minimum Gasteiger partial charge on any atom is -0.463 e. The van der Waals surface area contributed by atoms with Crippen molar-refractivity contribution in [1.82, 2.24) is 9.38 Å². The Hall–Kier alpha value is -1.98. The van der Waals surface area contributed by atoms with Gasteiger partial charge >= 0.3 is 0 Å². The molecule has 1 aliphatic rings. The van der Waals surface area contributed by atoms with E-state index in [-0.39, 0.29) is 11.9 Å². The van der Waals surface area contributed by atoms with Crippen molar-refractivity contribution in [1.29, 1.82) is 0 Å². The molecule has 0 unspecified atom stereocenters. The van der Waals surface area contributed by atoms with Crippen LogP contribution in [0, 0.1) is 0 Å². The van der Waals surface area contributed by atoms with Crippen LogP contribution in [-0.2, 0) is 4.79 Å². The molecule has 4 rings (SSSR count). The number of pyridine rings is 1. The van der Waals surface area contributed by atoms with Crippen LogP contribution in [0.4, 0.5) is 5.82 Å². The zero-order valence-corrected chi connectivity index (χ0v) is 15.9. The first-order chi connectivity index (χ1) is 12.6. The molecule has 5 nitrogen and oxygen atoms in total. The maximum absolute atomic E-state index is 12.7. The Morgan fingerprint density at radius 2 is 2.08 bits per heavy atom. The third-order valence-electron chi connectivity index (χ3n) is 4.88. The highest BCUT2D eigenvalue weighted by Crippen LogP contribution is 2.38. The molecular weight excluding hydrogens is 373 g/mol. The number of aromatic nitrogens is 2. The molecule has 0 atom stereocenters. The van der Waals surface area contributed by atoms with Gasteiger partial charge in [0.2, 0.25) is 5.91 Å². The number of rotatable bonds is 3. The number of carbonyl (C=O) groups is 1. The summed E-state index contributed by atoms with van der Waals surface area (Å²) in [4.78, 5) is 19.2. The van der Waals surface area contributed by atoms with Crippen LogP contribution in [0.2, 0.25) is 10.0 Å². The number of halogens is 2. The van der Waals surface area contributed by atoms with Gasteiger partial charge in [-0.25, -0.2) is 4.98 Å². The SMILES string of the molecule is CC(=O)N(c1c(-c2ccco2)nc2c(Cl)cc(Cl)cn12)C1CCCCC1. The number of nitrogens with zero attached hydrogens (tertiary/aromatic N) is 3. The van der Waals surface area contributed by atoms with Crippen LogP contribution in [-0.4, -0.2) is 21.3 Å². The Bertz CT molecular complexity index is 944. The molecular formula is C19H19Cl2N3O2. The van der Waals surface area contributed by atoms with Gasteiger partial charge in [-0.05, 0) is 31.0 Å². The summed E-state index contributed by atoms with van der Waals surface area (Å²) in [7, 11) is 0. The van der Waals surface area contributed by atoms with Crippen molar-refractivity contribution in [3.05, 3.63) is 40.7 Å². The highest BCUT2D eigenvalue weighted by molar-refractivity contribution is 6.36. The molecule has 0 N–H and O–H groups in total. The molecule has 3 aromatic rings. The van der Waals surface area contributed by atoms with Crippen molar-refractivity contribution in [2.75, 3.05) is 4.90 Å². The van der Waals surface area contributed by atoms with Crippen LogP contribution >= 0.6 is 23.2 Å². The van der Waals surface area contributed by atoms with Gasteiger partial charge in [0.1, 0.15) is 5.69 Å². The Morgan fingerprint density at radius 1 is 1.31 bits per heavy atom. The average Bonchev–Trinajstić information content (AvgIpc) is 3.24. The minimum absolute atomic E-state index is 0.0254. The van der Waals surface area contributed by atoms with Crippen LogP contribution in [0.15, 0.2) is 35.1 Å². The van der Waals surface area contributed by atoms with Gasteiger partial charge in [0.05, 0.1) is 16.3 Å². The molecule has 0 saturated heterocycles. The van der Waals surface area contributed by atoms with Crippen molar-refractivity contribution in [3.63, 3.8) is 0 Å². The lowest BCUT2D eigenvalue weighted by atomic mass is 9.94. The van der Waals surface area contributed by atoms with Gasteiger partial charge in [-0.2, -0.15) is 0 Å². The van der Waals surface area contributed by atoms with E-state index in [0.29, 0.717) is 33.0 Å². The number of fused-ring (bicyclic) bond motifs is 1. The second-order valence-electron chi connectivity index (χ2n) is 6.64. The number of carbonyl (C=O) groups excluding carboxylic acids is 1. The maximum Gasteiger partial charge on any atom is 0.225 e. The van der Waals surface area contributed by atoms with Crippen LogP contribution < -0.4 is 4.90 Å². The van der Waals surface area contributed by atoms with E-state index in [9.17, 15) is 4.79 Å². The maximum atomic E-state index is 12.7. The van der Waals surface area contributed by atoms with Gasteiger partial charge in [-0.1, -0.05) is 42.5 Å².